The summed E-state index contributed by atoms with van der Waals surface area (Å²) >= 11 is 1.64. The summed E-state index contributed by atoms with van der Waals surface area (Å²) in [6, 6.07) is 3.55. The fraction of sp³-hybridized carbons (Fsp3) is 0.438. The van der Waals surface area contributed by atoms with E-state index in [0.717, 1.165) is 10.7 Å². The summed E-state index contributed by atoms with van der Waals surface area (Å²) in [6.07, 6.45) is 0.101. The fourth-order valence-electron chi connectivity index (χ4n) is 3.95. The van der Waals surface area contributed by atoms with E-state index in [9.17, 15) is 18.8 Å². The Labute approximate surface area is 142 Å². The molecule has 3 aliphatic heterocycles. The van der Waals surface area contributed by atoms with Gasteiger partial charge in [0.2, 0.25) is 11.8 Å². The summed E-state index contributed by atoms with van der Waals surface area (Å²) in [4.78, 5) is 40.4. The molecule has 1 N–H and O–H groups in total. The summed E-state index contributed by atoms with van der Waals surface area (Å²) in [5, 5.41) is 2.30. The Bertz CT molecular complexity index is 771. The molecule has 1 aromatic carbocycles. The summed E-state index contributed by atoms with van der Waals surface area (Å²) < 4.78 is 14.4. The van der Waals surface area contributed by atoms with Gasteiger partial charge in [-0.15, -0.1) is 0 Å². The number of anilines is 1. The lowest BCUT2D eigenvalue weighted by Crippen LogP contribution is -2.72. The second kappa shape index (κ2) is 5.20. The highest BCUT2D eigenvalue weighted by molar-refractivity contribution is 7.99. The maximum absolute atomic E-state index is 14.4. The van der Waals surface area contributed by atoms with Crippen LogP contribution in [0.4, 0.5) is 14.9 Å². The zero-order chi connectivity index (χ0) is 17.1. The van der Waals surface area contributed by atoms with Gasteiger partial charge in [-0.25, -0.2) is 9.18 Å². The number of amides is 4. The number of rotatable bonds is 0. The number of nitrogens with zero attached hydrogens (tertiary/aromatic N) is 2. The molecule has 8 heteroatoms. The van der Waals surface area contributed by atoms with Gasteiger partial charge in [0, 0.05) is 25.1 Å². The van der Waals surface area contributed by atoms with E-state index < -0.39 is 29.3 Å². The number of hydrogen-bond donors (Lipinski definition) is 1. The van der Waals surface area contributed by atoms with E-state index in [2.05, 4.69) is 5.32 Å². The minimum absolute atomic E-state index is 0.101. The predicted molar refractivity (Wildman–Crippen MR) is 87.3 cm³/mol. The first-order chi connectivity index (χ1) is 11.5. The van der Waals surface area contributed by atoms with Crippen molar-refractivity contribution in [3.05, 3.63) is 29.6 Å². The number of thioether (sulfide) groups is 1. The molecular formula is C16H16FN3O3S. The van der Waals surface area contributed by atoms with Crippen molar-refractivity contribution < 1.29 is 18.8 Å². The van der Waals surface area contributed by atoms with Crippen LogP contribution in [0.15, 0.2) is 18.2 Å². The standard InChI is InChI=1S/C16H16FN3O3S/c1-19-14(22)16(13(21)18-15(19)23)7-9-3-2-4-10(17)12(9)20-5-6-24-8-11(16)20/h2-4,11H,5-8H2,1H3,(H,18,21,23)/t11-,16+/m1/s1. The first kappa shape index (κ1) is 15.4. The number of nitrogens with one attached hydrogen (secondary N) is 1. The number of barbiturate groups is 1. The maximum atomic E-state index is 14.4. The van der Waals surface area contributed by atoms with Crippen LogP contribution in [0.1, 0.15) is 5.56 Å². The van der Waals surface area contributed by atoms with Crippen molar-refractivity contribution in [2.75, 3.05) is 30.0 Å². The van der Waals surface area contributed by atoms with Crippen LogP contribution in [-0.4, -0.2) is 53.9 Å². The highest BCUT2D eigenvalue weighted by Gasteiger charge is 2.62. The van der Waals surface area contributed by atoms with E-state index in [1.165, 1.54) is 13.1 Å². The number of halogens is 1. The van der Waals surface area contributed by atoms with Crippen LogP contribution in [0.2, 0.25) is 0 Å². The van der Waals surface area contributed by atoms with Crippen LogP contribution >= 0.6 is 11.8 Å². The normalized spacial score (nSPS) is 29.4. The van der Waals surface area contributed by atoms with Crippen LogP contribution in [0.25, 0.3) is 0 Å². The summed E-state index contributed by atoms with van der Waals surface area (Å²) in [5.41, 5.74) is -0.283. The average Bonchev–Trinajstić information content (AvgIpc) is 2.58. The number of para-hydroxylation sites is 1. The van der Waals surface area contributed by atoms with Crippen LogP contribution in [0.5, 0.6) is 0 Å². The van der Waals surface area contributed by atoms with E-state index in [1.54, 1.807) is 23.9 Å². The van der Waals surface area contributed by atoms with E-state index in [4.69, 9.17) is 0 Å². The van der Waals surface area contributed by atoms with Crippen molar-refractivity contribution in [1.29, 1.82) is 0 Å². The molecule has 3 aliphatic rings. The van der Waals surface area contributed by atoms with E-state index >= 15 is 0 Å². The monoisotopic (exact) mass is 349 g/mol. The zero-order valence-electron chi connectivity index (χ0n) is 13.0. The molecule has 0 aromatic heterocycles. The molecule has 4 amide bonds. The Morgan fingerprint density at radius 2 is 2.12 bits per heavy atom. The fourth-order valence-corrected chi connectivity index (χ4v) is 5.13. The molecule has 4 rings (SSSR count). The maximum Gasteiger partial charge on any atom is 0.330 e. The third-order valence-corrected chi connectivity index (χ3v) is 6.16. The summed E-state index contributed by atoms with van der Waals surface area (Å²) in [5.74, 6) is -0.0982. The molecule has 0 bridgehead atoms. The molecule has 1 spiro atoms. The van der Waals surface area contributed by atoms with Gasteiger partial charge in [0.25, 0.3) is 0 Å². The van der Waals surface area contributed by atoms with Gasteiger partial charge in [-0.3, -0.25) is 19.8 Å². The van der Waals surface area contributed by atoms with Crippen LogP contribution in [-0.2, 0) is 16.0 Å². The van der Waals surface area contributed by atoms with Gasteiger partial charge in [-0.05, 0) is 18.1 Å². The number of urea groups is 1. The highest BCUT2D eigenvalue weighted by Crippen LogP contribution is 2.47. The number of carbonyl (C=O) groups excluding carboxylic acids is 3. The third kappa shape index (κ3) is 1.86. The van der Waals surface area contributed by atoms with Crippen LogP contribution in [0.3, 0.4) is 0 Å². The van der Waals surface area contributed by atoms with E-state index in [-0.39, 0.29) is 12.2 Å². The molecular weight excluding hydrogens is 333 g/mol. The van der Waals surface area contributed by atoms with Crippen molar-refractivity contribution in [1.82, 2.24) is 10.2 Å². The number of fused-ring (bicyclic) bond motifs is 4. The Morgan fingerprint density at radius 1 is 1.33 bits per heavy atom. The number of imide groups is 2. The Kier molecular flexibility index (Phi) is 3.35. The topological polar surface area (TPSA) is 69.7 Å². The average molecular weight is 349 g/mol. The number of benzene rings is 1. The Hall–Kier alpha value is -2.09. The van der Waals surface area contributed by atoms with Crippen molar-refractivity contribution in [3.8, 4) is 0 Å². The van der Waals surface area contributed by atoms with E-state index in [0.29, 0.717) is 23.5 Å². The largest absolute Gasteiger partial charge is 0.363 e. The van der Waals surface area contributed by atoms with Gasteiger partial charge in [0.05, 0.1) is 11.7 Å². The SMILES string of the molecule is CN1C(=O)NC(=O)[C@@]2(Cc3cccc(F)c3N3CCSC[C@@H]32)C1=O. The van der Waals surface area contributed by atoms with Gasteiger partial charge >= 0.3 is 6.03 Å². The van der Waals surface area contributed by atoms with E-state index in [1.807, 2.05) is 4.90 Å². The minimum atomic E-state index is -1.39. The molecule has 0 radical (unpaired) electrons. The molecule has 0 saturated carbocycles. The second-order valence-corrected chi connectivity index (χ2v) is 7.45. The van der Waals surface area contributed by atoms with Gasteiger partial charge in [0.1, 0.15) is 5.82 Å². The highest BCUT2D eigenvalue weighted by atomic mass is 32.2. The van der Waals surface area contributed by atoms with Crippen LogP contribution in [0, 0.1) is 11.2 Å². The third-order valence-electron chi connectivity index (χ3n) is 5.14. The summed E-state index contributed by atoms with van der Waals surface area (Å²) in [6.45, 7) is 0.559. The molecule has 126 valence electrons. The van der Waals surface area contributed by atoms with Gasteiger partial charge in [0.15, 0.2) is 5.41 Å². The molecule has 2 atom stereocenters. The van der Waals surface area contributed by atoms with Crippen molar-refractivity contribution >= 4 is 35.3 Å². The molecule has 0 aliphatic carbocycles. The Balaban J connectivity index is 1.92. The molecule has 3 heterocycles. The smallest absolute Gasteiger partial charge is 0.330 e. The Morgan fingerprint density at radius 3 is 2.92 bits per heavy atom. The van der Waals surface area contributed by atoms with Crippen molar-refractivity contribution in [2.24, 2.45) is 5.41 Å². The minimum Gasteiger partial charge on any atom is -0.363 e. The molecule has 2 fully saturated rings. The van der Waals surface area contributed by atoms with Crippen molar-refractivity contribution in [3.63, 3.8) is 0 Å². The molecule has 2 saturated heterocycles. The molecule has 1 aromatic rings. The predicted octanol–water partition coefficient (Wildman–Crippen LogP) is 0.998. The lowest BCUT2D eigenvalue weighted by atomic mass is 9.69. The van der Waals surface area contributed by atoms with Gasteiger partial charge < -0.3 is 4.90 Å². The number of hydrogen-bond acceptors (Lipinski definition) is 5. The number of carbonyl (C=O) groups is 3. The zero-order valence-corrected chi connectivity index (χ0v) is 13.9. The molecule has 0 unspecified atom stereocenters. The van der Waals surface area contributed by atoms with Crippen molar-refractivity contribution in [2.45, 2.75) is 12.5 Å². The quantitative estimate of drug-likeness (QED) is 0.708. The lowest BCUT2D eigenvalue weighted by Gasteiger charge is -2.53. The van der Waals surface area contributed by atoms with Crippen LogP contribution < -0.4 is 10.2 Å². The molecule has 6 nitrogen and oxygen atoms in total. The lowest BCUT2D eigenvalue weighted by molar-refractivity contribution is -0.152. The van der Waals surface area contributed by atoms with Gasteiger partial charge in [-0.1, -0.05) is 12.1 Å². The van der Waals surface area contributed by atoms with Gasteiger partial charge in [-0.2, -0.15) is 11.8 Å². The molecule has 24 heavy (non-hydrogen) atoms. The second-order valence-electron chi connectivity index (χ2n) is 6.30. The first-order valence-electron chi connectivity index (χ1n) is 7.72. The summed E-state index contributed by atoms with van der Waals surface area (Å²) in [7, 11) is 1.37. The first-order valence-corrected chi connectivity index (χ1v) is 8.87.